The van der Waals surface area contributed by atoms with Crippen LogP contribution in [0.1, 0.15) is 13.8 Å². The first-order valence-electron chi connectivity index (χ1n) is 5.70. The topological polar surface area (TPSA) is 93.2 Å². The molecule has 0 saturated carbocycles. The summed E-state index contributed by atoms with van der Waals surface area (Å²) in [4.78, 5) is 24.6. The van der Waals surface area contributed by atoms with Crippen LogP contribution in [0.25, 0.3) is 0 Å². The van der Waals surface area contributed by atoms with Gasteiger partial charge in [0.15, 0.2) is 0 Å². The zero-order valence-electron chi connectivity index (χ0n) is 10.9. The maximum atomic E-state index is 11.8. The molecule has 0 aliphatic rings. The monoisotopic (exact) mass is 253 g/mol. The molecule has 1 heterocycles. The van der Waals surface area contributed by atoms with Gasteiger partial charge in [-0.1, -0.05) is 0 Å². The van der Waals surface area contributed by atoms with Crippen molar-refractivity contribution in [2.45, 2.75) is 26.4 Å². The smallest absolute Gasteiger partial charge is 0.244 e. The Kier molecular flexibility index (Phi) is 4.70. The Labute approximate surface area is 106 Å². The fourth-order valence-corrected chi connectivity index (χ4v) is 1.40. The van der Waals surface area contributed by atoms with Crippen LogP contribution >= 0.6 is 0 Å². The van der Waals surface area contributed by atoms with Gasteiger partial charge >= 0.3 is 0 Å². The first-order valence-corrected chi connectivity index (χ1v) is 5.70. The van der Waals surface area contributed by atoms with Gasteiger partial charge in [0.1, 0.15) is 12.4 Å². The van der Waals surface area contributed by atoms with Crippen molar-refractivity contribution in [2.75, 3.05) is 19.3 Å². The summed E-state index contributed by atoms with van der Waals surface area (Å²) in [6.45, 7) is 3.84. The highest BCUT2D eigenvalue weighted by Gasteiger charge is 2.14. The Morgan fingerprint density at radius 3 is 2.72 bits per heavy atom. The summed E-state index contributed by atoms with van der Waals surface area (Å²) in [6, 6.07) is 1.67. The number of hydrogen-bond donors (Lipinski definition) is 2. The SMILES string of the molecule is CC(C)NC(=O)CN(C)C(=O)Cn1ccc(N)n1. The van der Waals surface area contributed by atoms with Gasteiger partial charge in [-0.2, -0.15) is 5.10 Å². The number of rotatable bonds is 5. The molecule has 0 saturated heterocycles. The third kappa shape index (κ3) is 4.44. The first-order chi connectivity index (χ1) is 8.38. The number of nitrogens with one attached hydrogen (secondary N) is 1. The van der Waals surface area contributed by atoms with E-state index in [0.29, 0.717) is 5.82 Å². The summed E-state index contributed by atoms with van der Waals surface area (Å²) in [5.74, 6) is -0.0131. The average molecular weight is 253 g/mol. The fraction of sp³-hybridized carbons (Fsp3) is 0.545. The molecule has 0 radical (unpaired) electrons. The van der Waals surface area contributed by atoms with E-state index in [4.69, 9.17) is 5.73 Å². The molecule has 0 aliphatic carbocycles. The van der Waals surface area contributed by atoms with E-state index in [-0.39, 0.29) is 30.9 Å². The van der Waals surface area contributed by atoms with Crippen molar-refractivity contribution in [3.63, 3.8) is 0 Å². The van der Waals surface area contributed by atoms with Crippen molar-refractivity contribution in [3.8, 4) is 0 Å². The molecule has 1 aromatic heterocycles. The lowest BCUT2D eigenvalue weighted by atomic mass is 10.4. The quantitative estimate of drug-likeness (QED) is 0.736. The van der Waals surface area contributed by atoms with Crippen molar-refractivity contribution in [3.05, 3.63) is 12.3 Å². The van der Waals surface area contributed by atoms with Crippen LogP contribution in [-0.4, -0.2) is 46.1 Å². The number of nitrogens with zero attached hydrogens (tertiary/aromatic N) is 3. The van der Waals surface area contributed by atoms with Gasteiger partial charge in [-0.15, -0.1) is 0 Å². The van der Waals surface area contributed by atoms with Crippen LogP contribution in [0.15, 0.2) is 12.3 Å². The lowest BCUT2D eigenvalue weighted by Gasteiger charge is -2.17. The van der Waals surface area contributed by atoms with Gasteiger partial charge in [0.2, 0.25) is 11.8 Å². The minimum absolute atomic E-state index is 0.0355. The standard InChI is InChI=1S/C11H19N5O2/c1-8(2)13-10(17)6-15(3)11(18)7-16-5-4-9(12)14-16/h4-5,8H,6-7H2,1-3H3,(H2,12,14)(H,13,17). The number of nitrogens with two attached hydrogens (primary N) is 1. The number of amides is 2. The normalized spacial score (nSPS) is 10.4. The van der Waals surface area contributed by atoms with Crippen molar-refractivity contribution in [1.29, 1.82) is 0 Å². The second kappa shape index (κ2) is 6.04. The predicted molar refractivity (Wildman–Crippen MR) is 67.6 cm³/mol. The summed E-state index contributed by atoms with van der Waals surface area (Å²) in [5, 5.41) is 6.63. The van der Waals surface area contributed by atoms with Gasteiger partial charge in [0, 0.05) is 19.3 Å². The van der Waals surface area contributed by atoms with E-state index >= 15 is 0 Å². The highest BCUT2D eigenvalue weighted by molar-refractivity contribution is 5.84. The van der Waals surface area contributed by atoms with Crippen molar-refractivity contribution in [1.82, 2.24) is 20.0 Å². The summed E-state index contributed by atoms with van der Waals surface area (Å²) in [6.07, 6.45) is 1.62. The number of carbonyl (C=O) groups is 2. The van der Waals surface area contributed by atoms with Gasteiger partial charge in [0.25, 0.3) is 0 Å². The molecule has 1 rings (SSSR count). The Morgan fingerprint density at radius 2 is 2.22 bits per heavy atom. The van der Waals surface area contributed by atoms with Crippen LogP contribution in [-0.2, 0) is 16.1 Å². The third-order valence-corrected chi connectivity index (χ3v) is 2.21. The summed E-state index contributed by atoms with van der Waals surface area (Å²) in [5.41, 5.74) is 5.45. The molecule has 100 valence electrons. The largest absolute Gasteiger partial charge is 0.382 e. The summed E-state index contributed by atoms with van der Waals surface area (Å²) in [7, 11) is 1.58. The molecule has 2 amide bonds. The van der Waals surface area contributed by atoms with E-state index in [9.17, 15) is 9.59 Å². The Bertz CT molecular complexity index is 427. The van der Waals surface area contributed by atoms with Crippen LogP contribution in [0.2, 0.25) is 0 Å². The highest BCUT2D eigenvalue weighted by Crippen LogP contribution is 1.97. The van der Waals surface area contributed by atoms with Crippen molar-refractivity contribution >= 4 is 17.6 Å². The molecule has 1 aromatic rings. The number of nitrogen functional groups attached to an aromatic ring is 1. The lowest BCUT2D eigenvalue weighted by Crippen LogP contribution is -2.41. The maximum absolute atomic E-state index is 11.8. The molecule has 0 aliphatic heterocycles. The van der Waals surface area contributed by atoms with Crippen LogP contribution in [0, 0.1) is 0 Å². The molecule has 18 heavy (non-hydrogen) atoms. The van der Waals surface area contributed by atoms with Crippen LogP contribution in [0.4, 0.5) is 5.82 Å². The summed E-state index contributed by atoms with van der Waals surface area (Å²) >= 11 is 0. The summed E-state index contributed by atoms with van der Waals surface area (Å²) < 4.78 is 1.44. The highest BCUT2D eigenvalue weighted by atomic mass is 16.2. The van der Waals surface area contributed by atoms with Crippen molar-refractivity contribution < 1.29 is 9.59 Å². The molecule has 0 atom stereocenters. The molecule has 3 N–H and O–H groups in total. The van der Waals surface area contributed by atoms with Gasteiger partial charge in [-0.3, -0.25) is 14.3 Å². The van der Waals surface area contributed by atoms with Crippen LogP contribution in [0.5, 0.6) is 0 Å². The number of likely N-dealkylation sites (N-methyl/N-ethyl adjacent to an activating group) is 1. The van der Waals surface area contributed by atoms with E-state index in [1.807, 2.05) is 13.8 Å². The van der Waals surface area contributed by atoms with E-state index in [1.165, 1.54) is 9.58 Å². The van der Waals surface area contributed by atoms with Gasteiger partial charge in [0.05, 0.1) is 6.54 Å². The molecule has 0 bridgehead atoms. The molecular formula is C11H19N5O2. The van der Waals surface area contributed by atoms with Crippen LogP contribution < -0.4 is 11.1 Å². The number of hydrogen-bond acceptors (Lipinski definition) is 4. The van der Waals surface area contributed by atoms with E-state index in [0.717, 1.165) is 0 Å². The van der Waals surface area contributed by atoms with Gasteiger partial charge < -0.3 is 16.0 Å². The zero-order valence-corrected chi connectivity index (χ0v) is 10.9. The molecule has 0 spiro atoms. The maximum Gasteiger partial charge on any atom is 0.244 e. The lowest BCUT2D eigenvalue weighted by molar-refractivity contribution is -0.135. The average Bonchev–Trinajstić information content (AvgIpc) is 2.62. The minimum atomic E-state index is -0.197. The molecule has 0 unspecified atom stereocenters. The van der Waals surface area contributed by atoms with Crippen molar-refractivity contribution in [2.24, 2.45) is 0 Å². The molecule has 7 heteroatoms. The Balaban J connectivity index is 2.44. The molecule has 0 aromatic carbocycles. The fourth-order valence-electron chi connectivity index (χ4n) is 1.40. The second-order valence-electron chi connectivity index (χ2n) is 4.41. The Morgan fingerprint density at radius 1 is 1.56 bits per heavy atom. The molecular weight excluding hydrogens is 234 g/mol. The second-order valence-corrected chi connectivity index (χ2v) is 4.41. The predicted octanol–water partition coefficient (Wildman–Crippen LogP) is -0.552. The van der Waals surface area contributed by atoms with Gasteiger partial charge in [-0.25, -0.2) is 0 Å². The number of carbonyl (C=O) groups excluding carboxylic acids is 2. The van der Waals surface area contributed by atoms with Crippen LogP contribution in [0.3, 0.4) is 0 Å². The minimum Gasteiger partial charge on any atom is -0.382 e. The van der Waals surface area contributed by atoms with E-state index < -0.39 is 0 Å². The Hall–Kier alpha value is -2.05. The molecule has 0 fully saturated rings. The zero-order chi connectivity index (χ0) is 13.7. The first kappa shape index (κ1) is 14.0. The van der Waals surface area contributed by atoms with E-state index in [1.54, 1.807) is 19.3 Å². The number of anilines is 1. The molecule has 7 nitrogen and oxygen atoms in total. The van der Waals surface area contributed by atoms with E-state index in [2.05, 4.69) is 10.4 Å². The number of aromatic nitrogens is 2. The third-order valence-electron chi connectivity index (χ3n) is 2.21. The van der Waals surface area contributed by atoms with Gasteiger partial charge in [-0.05, 0) is 19.9 Å².